The third-order valence-corrected chi connectivity index (χ3v) is 6.20. The highest BCUT2D eigenvalue weighted by Crippen LogP contribution is 2.40. The first kappa shape index (κ1) is 25.6. The molecule has 1 aliphatic rings. The molecule has 3 aromatic rings. The van der Waals surface area contributed by atoms with Gasteiger partial charge in [-0.1, -0.05) is 25.9 Å². The monoisotopic (exact) mass is 502 g/mol. The minimum absolute atomic E-state index is 0.124. The summed E-state index contributed by atoms with van der Waals surface area (Å²) in [6, 6.07) is 1.89. The van der Waals surface area contributed by atoms with Crippen LogP contribution in [0.4, 0.5) is 11.8 Å². The van der Waals surface area contributed by atoms with E-state index in [-0.39, 0.29) is 12.0 Å². The van der Waals surface area contributed by atoms with Gasteiger partial charge in [-0.2, -0.15) is 9.97 Å². The number of hydrogen-bond acceptors (Lipinski definition) is 11. The maximum atomic E-state index is 10.9. The van der Waals surface area contributed by atoms with Crippen molar-refractivity contribution in [1.29, 1.82) is 5.41 Å². The van der Waals surface area contributed by atoms with Gasteiger partial charge in [-0.25, -0.2) is 4.98 Å². The van der Waals surface area contributed by atoms with Crippen LogP contribution in [0.1, 0.15) is 57.4 Å². The molecule has 4 atom stereocenters. The van der Waals surface area contributed by atoms with Crippen LogP contribution >= 0.6 is 0 Å². The van der Waals surface area contributed by atoms with Gasteiger partial charge in [0.1, 0.15) is 18.3 Å². The van der Waals surface area contributed by atoms with Gasteiger partial charge < -0.3 is 41.2 Å². The Bertz CT molecular complexity index is 1180. The maximum Gasteiger partial charge on any atom is 0.226 e. The summed E-state index contributed by atoms with van der Waals surface area (Å²) in [6.07, 6.45) is -0.381. The second-order valence-corrected chi connectivity index (χ2v) is 8.65. The van der Waals surface area contributed by atoms with Crippen molar-refractivity contribution in [3.8, 4) is 0 Å². The van der Waals surface area contributed by atoms with E-state index in [1.807, 2.05) is 6.92 Å². The quantitative estimate of drug-likeness (QED) is 0.111. The Hall–Kier alpha value is -3.49. The second kappa shape index (κ2) is 11.1. The number of fused-ring (bicyclic) bond motifs is 1. The number of nitrogens with two attached hydrogens (primary N) is 1. The minimum atomic E-state index is -1.26. The van der Waals surface area contributed by atoms with E-state index >= 15 is 0 Å². The Morgan fingerprint density at radius 1 is 1.19 bits per heavy atom. The summed E-state index contributed by atoms with van der Waals surface area (Å²) in [6.45, 7) is 6.93. The van der Waals surface area contributed by atoms with E-state index in [1.165, 1.54) is 6.33 Å². The first-order chi connectivity index (χ1) is 17.4. The summed E-state index contributed by atoms with van der Waals surface area (Å²) in [7, 11) is 0. The van der Waals surface area contributed by atoms with E-state index in [2.05, 4.69) is 49.9 Å². The zero-order valence-corrected chi connectivity index (χ0v) is 20.6. The molecule has 0 spiro atoms. The number of aryl methyl sites for hydroxylation is 1. The lowest BCUT2D eigenvalue weighted by atomic mass is 10.1. The normalized spacial score (nSPS) is 21.8. The molecule has 36 heavy (non-hydrogen) atoms. The highest BCUT2D eigenvalue weighted by molar-refractivity contribution is 5.84. The Balaban J connectivity index is 1.66. The molecule has 4 rings (SSSR count). The summed E-state index contributed by atoms with van der Waals surface area (Å²) in [5.74, 6) is 1.09. The Morgan fingerprint density at radius 3 is 2.64 bits per heavy atom. The molecule has 4 heterocycles. The lowest BCUT2D eigenvalue weighted by molar-refractivity contribution is -0.0434. The largest absolute Gasteiger partial charge is 0.387 e. The molecular formula is C22H34N10O4. The molecule has 0 radical (unpaired) electrons. The van der Waals surface area contributed by atoms with Gasteiger partial charge in [0.2, 0.25) is 5.95 Å². The SMILES string of the molecule is CCc1cc([C@H]2O[C@@H](n3cnc4c(NC(CC)CC)nc(NCCNC(=N)N)nc43)[C@H](O)[C@@H]2O)on1. The molecule has 14 heteroatoms. The number of aromatic nitrogens is 5. The number of nitrogens with one attached hydrogen (secondary N) is 4. The van der Waals surface area contributed by atoms with Gasteiger partial charge in [0.25, 0.3) is 0 Å². The number of aliphatic hydroxyl groups excluding tert-OH is 2. The average Bonchev–Trinajstić information content (AvgIpc) is 3.58. The molecule has 0 aromatic carbocycles. The maximum absolute atomic E-state index is 10.9. The number of hydrogen-bond donors (Lipinski definition) is 7. The van der Waals surface area contributed by atoms with Crippen molar-refractivity contribution in [3.05, 3.63) is 23.8 Å². The van der Waals surface area contributed by atoms with Crippen LogP contribution in [0.25, 0.3) is 11.2 Å². The Kier molecular flexibility index (Phi) is 7.86. The van der Waals surface area contributed by atoms with Crippen LogP contribution in [0.3, 0.4) is 0 Å². The van der Waals surface area contributed by atoms with Gasteiger partial charge >= 0.3 is 0 Å². The number of rotatable bonds is 11. The molecule has 1 aliphatic heterocycles. The van der Waals surface area contributed by atoms with Crippen molar-refractivity contribution in [2.75, 3.05) is 23.7 Å². The summed E-state index contributed by atoms with van der Waals surface area (Å²) in [5.41, 5.74) is 7.00. The number of guanidine groups is 1. The Morgan fingerprint density at radius 2 is 1.97 bits per heavy atom. The predicted molar refractivity (Wildman–Crippen MR) is 132 cm³/mol. The number of anilines is 2. The fourth-order valence-corrected chi connectivity index (χ4v) is 4.09. The predicted octanol–water partition coefficient (Wildman–Crippen LogP) is 0.864. The van der Waals surface area contributed by atoms with Crippen LogP contribution in [0, 0.1) is 5.41 Å². The fourth-order valence-electron chi connectivity index (χ4n) is 4.09. The average molecular weight is 503 g/mol. The highest BCUT2D eigenvalue weighted by atomic mass is 16.6. The first-order valence-corrected chi connectivity index (χ1v) is 12.2. The number of aliphatic hydroxyl groups is 2. The molecule has 0 bridgehead atoms. The topological polar surface area (TPSA) is 205 Å². The summed E-state index contributed by atoms with van der Waals surface area (Å²) >= 11 is 0. The summed E-state index contributed by atoms with van der Waals surface area (Å²) in [5, 5.41) is 42.1. The van der Waals surface area contributed by atoms with Crippen LogP contribution in [-0.2, 0) is 11.2 Å². The van der Waals surface area contributed by atoms with Crippen molar-refractivity contribution in [2.24, 2.45) is 5.73 Å². The van der Waals surface area contributed by atoms with Gasteiger partial charge in [-0.3, -0.25) is 9.98 Å². The van der Waals surface area contributed by atoms with Crippen LogP contribution in [0.5, 0.6) is 0 Å². The van der Waals surface area contributed by atoms with Gasteiger partial charge in [0.05, 0.1) is 12.0 Å². The molecule has 8 N–H and O–H groups in total. The van der Waals surface area contributed by atoms with E-state index in [4.69, 9.17) is 20.4 Å². The molecule has 0 unspecified atom stereocenters. The lowest BCUT2D eigenvalue weighted by Crippen LogP contribution is -2.34. The fraction of sp³-hybridized carbons (Fsp3) is 0.591. The van der Waals surface area contributed by atoms with E-state index in [0.29, 0.717) is 48.2 Å². The van der Waals surface area contributed by atoms with Gasteiger partial charge in [-0.05, 0) is 19.3 Å². The third kappa shape index (κ3) is 5.20. The molecule has 14 nitrogen and oxygen atoms in total. The molecule has 1 fully saturated rings. The number of imidazole rings is 1. The Labute approximate surface area is 208 Å². The van der Waals surface area contributed by atoms with Crippen molar-refractivity contribution >= 4 is 28.9 Å². The molecular weight excluding hydrogens is 468 g/mol. The van der Waals surface area contributed by atoms with Crippen molar-refractivity contribution in [1.82, 2.24) is 30.0 Å². The molecule has 0 saturated carbocycles. The van der Waals surface area contributed by atoms with Crippen molar-refractivity contribution in [2.45, 2.75) is 70.6 Å². The smallest absolute Gasteiger partial charge is 0.226 e. The zero-order valence-electron chi connectivity index (χ0n) is 20.6. The summed E-state index contributed by atoms with van der Waals surface area (Å²) < 4.78 is 13.0. The zero-order chi connectivity index (χ0) is 25.8. The third-order valence-electron chi connectivity index (χ3n) is 6.20. The molecule has 0 aliphatic carbocycles. The van der Waals surface area contributed by atoms with Crippen LogP contribution in [0.15, 0.2) is 16.9 Å². The first-order valence-electron chi connectivity index (χ1n) is 12.2. The standard InChI is InChI=1S/C22H34N10O4/c1-4-11(5-2)28-18-14-19(30-22(29-18)26-8-7-25-21(23)24)32(10-27-14)20-16(34)15(33)17(35-20)13-9-12(6-3)31-36-13/h9-11,15-17,20,33-34H,4-8H2,1-3H3,(H4,23,24,25)(H2,26,28,29,30)/t15-,16+,17+,20+/m0/s1. The minimum Gasteiger partial charge on any atom is -0.387 e. The van der Waals surface area contributed by atoms with E-state index in [0.717, 1.165) is 18.5 Å². The van der Waals surface area contributed by atoms with Gasteiger partial charge in [0.15, 0.2) is 34.9 Å². The van der Waals surface area contributed by atoms with E-state index < -0.39 is 24.5 Å². The summed E-state index contributed by atoms with van der Waals surface area (Å²) in [4.78, 5) is 13.7. The molecule has 0 amide bonds. The van der Waals surface area contributed by atoms with Crippen LogP contribution in [0.2, 0.25) is 0 Å². The molecule has 1 saturated heterocycles. The molecule has 196 valence electrons. The highest BCUT2D eigenvalue weighted by Gasteiger charge is 2.47. The van der Waals surface area contributed by atoms with E-state index in [9.17, 15) is 10.2 Å². The van der Waals surface area contributed by atoms with Crippen LogP contribution < -0.4 is 21.7 Å². The lowest BCUT2D eigenvalue weighted by Gasteiger charge is -2.19. The number of ether oxygens (including phenoxy) is 1. The second-order valence-electron chi connectivity index (χ2n) is 8.65. The number of nitrogens with zero attached hydrogens (tertiary/aromatic N) is 5. The van der Waals surface area contributed by atoms with Crippen molar-refractivity contribution < 1.29 is 19.5 Å². The van der Waals surface area contributed by atoms with Gasteiger partial charge in [0, 0.05) is 25.2 Å². The van der Waals surface area contributed by atoms with Gasteiger partial charge in [-0.15, -0.1) is 0 Å². The van der Waals surface area contributed by atoms with Crippen LogP contribution in [-0.4, -0.2) is 72.2 Å². The van der Waals surface area contributed by atoms with E-state index in [1.54, 1.807) is 10.6 Å². The van der Waals surface area contributed by atoms with Crippen molar-refractivity contribution in [3.63, 3.8) is 0 Å². The molecule has 3 aromatic heterocycles.